The van der Waals surface area contributed by atoms with Crippen LogP contribution in [-0.4, -0.2) is 29.9 Å². The van der Waals surface area contributed by atoms with Crippen molar-refractivity contribution in [2.45, 2.75) is 58.7 Å². The molecule has 1 aromatic rings. The van der Waals surface area contributed by atoms with Crippen molar-refractivity contribution in [2.75, 3.05) is 13.1 Å². The van der Waals surface area contributed by atoms with Crippen LogP contribution in [0.25, 0.3) is 0 Å². The molecule has 2 aliphatic rings. The minimum Gasteiger partial charge on any atom is -0.352 e. The molecule has 0 bridgehead atoms. The van der Waals surface area contributed by atoms with Gasteiger partial charge in [0.2, 0.25) is 5.91 Å². The number of nitrogens with one attached hydrogen (secondary N) is 1. The first-order valence-corrected chi connectivity index (χ1v) is 9.83. The van der Waals surface area contributed by atoms with Gasteiger partial charge < -0.3 is 11.1 Å². The molecule has 25 heavy (non-hydrogen) atoms. The van der Waals surface area contributed by atoms with Gasteiger partial charge in [-0.3, -0.25) is 9.69 Å². The van der Waals surface area contributed by atoms with Crippen LogP contribution in [0.5, 0.6) is 0 Å². The lowest BCUT2D eigenvalue weighted by molar-refractivity contribution is -0.125. The third kappa shape index (κ3) is 5.05. The van der Waals surface area contributed by atoms with E-state index in [0.29, 0.717) is 6.54 Å². The maximum atomic E-state index is 12.4. The minimum absolute atomic E-state index is 0.103. The van der Waals surface area contributed by atoms with Crippen LogP contribution in [0.1, 0.15) is 50.7 Å². The van der Waals surface area contributed by atoms with Crippen LogP contribution in [0.3, 0.4) is 0 Å². The molecule has 0 radical (unpaired) electrons. The lowest BCUT2D eigenvalue weighted by atomic mass is 9.91. The van der Waals surface area contributed by atoms with E-state index in [4.69, 9.17) is 5.73 Å². The van der Waals surface area contributed by atoms with Crippen molar-refractivity contribution in [3.8, 4) is 0 Å². The molecule has 0 aromatic heterocycles. The first-order chi connectivity index (χ1) is 12.0. The van der Waals surface area contributed by atoms with E-state index in [-0.39, 0.29) is 17.9 Å². The lowest BCUT2D eigenvalue weighted by Gasteiger charge is -2.35. The van der Waals surface area contributed by atoms with E-state index in [1.54, 1.807) is 0 Å². The van der Waals surface area contributed by atoms with Gasteiger partial charge in [0, 0.05) is 38.1 Å². The van der Waals surface area contributed by atoms with E-state index in [1.807, 2.05) is 0 Å². The highest BCUT2D eigenvalue weighted by atomic mass is 16.1. The quantitative estimate of drug-likeness (QED) is 0.864. The van der Waals surface area contributed by atoms with Crippen LogP contribution in [0.2, 0.25) is 0 Å². The third-order valence-electron chi connectivity index (χ3n) is 5.75. The number of carbonyl (C=O) groups is 1. The number of likely N-dealkylation sites (tertiary alicyclic amines) is 1. The smallest absolute Gasteiger partial charge is 0.223 e. The second-order valence-electron chi connectivity index (χ2n) is 8.40. The molecule has 1 saturated carbocycles. The molecule has 4 atom stereocenters. The minimum atomic E-state index is 0.103. The fourth-order valence-electron chi connectivity index (χ4n) is 4.63. The fourth-order valence-corrected chi connectivity index (χ4v) is 4.63. The van der Waals surface area contributed by atoms with E-state index in [2.05, 4.69) is 48.3 Å². The average molecular weight is 344 g/mol. The Morgan fingerprint density at radius 2 is 1.80 bits per heavy atom. The molecule has 2 fully saturated rings. The highest BCUT2D eigenvalue weighted by Crippen LogP contribution is 2.25. The largest absolute Gasteiger partial charge is 0.352 e. The summed E-state index contributed by atoms with van der Waals surface area (Å²) in [5.74, 6) is 1.80. The van der Waals surface area contributed by atoms with E-state index >= 15 is 0 Å². The summed E-state index contributed by atoms with van der Waals surface area (Å²) >= 11 is 0. The maximum Gasteiger partial charge on any atom is 0.223 e. The molecule has 1 aliphatic heterocycles. The van der Waals surface area contributed by atoms with Gasteiger partial charge in [-0.1, -0.05) is 38.1 Å². The van der Waals surface area contributed by atoms with Crippen molar-refractivity contribution in [2.24, 2.45) is 23.5 Å². The normalized spacial score (nSPS) is 30.4. The molecule has 1 aliphatic carbocycles. The summed E-state index contributed by atoms with van der Waals surface area (Å²) in [7, 11) is 0. The summed E-state index contributed by atoms with van der Waals surface area (Å²) in [4.78, 5) is 14.9. The molecular formula is C21H33N3O. The zero-order valence-electron chi connectivity index (χ0n) is 15.7. The fraction of sp³-hybridized carbons (Fsp3) is 0.667. The maximum absolute atomic E-state index is 12.4. The second kappa shape index (κ2) is 8.33. The number of benzene rings is 1. The van der Waals surface area contributed by atoms with Gasteiger partial charge in [-0.15, -0.1) is 0 Å². The molecule has 138 valence electrons. The molecule has 4 unspecified atom stereocenters. The summed E-state index contributed by atoms with van der Waals surface area (Å²) in [6, 6.07) is 8.72. The van der Waals surface area contributed by atoms with Crippen molar-refractivity contribution in [3.63, 3.8) is 0 Å². The number of nitrogens with two attached hydrogens (primary N) is 1. The van der Waals surface area contributed by atoms with Crippen LogP contribution < -0.4 is 11.1 Å². The van der Waals surface area contributed by atoms with Crippen LogP contribution in [0.4, 0.5) is 0 Å². The Hall–Kier alpha value is -1.39. The molecule has 1 amide bonds. The Kier molecular flexibility index (Phi) is 6.13. The topological polar surface area (TPSA) is 58.4 Å². The van der Waals surface area contributed by atoms with Gasteiger partial charge in [0.05, 0.1) is 0 Å². The summed E-state index contributed by atoms with van der Waals surface area (Å²) in [5.41, 5.74) is 8.52. The molecule has 1 heterocycles. The monoisotopic (exact) mass is 343 g/mol. The number of carbonyl (C=O) groups excluding carboxylic acids is 1. The first-order valence-electron chi connectivity index (χ1n) is 9.83. The Bertz CT molecular complexity index is 578. The van der Waals surface area contributed by atoms with Gasteiger partial charge in [-0.2, -0.15) is 0 Å². The van der Waals surface area contributed by atoms with Gasteiger partial charge in [0.15, 0.2) is 0 Å². The van der Waals surface area contributed by atoms with Crippen molar-refractivity contribution in [1.82, 2.24) is 10.2 Å². The number of nitrogens with zero attached hydrogens (tertiary/aromatic N) is 1. The summed E-state index contributed by atoms with van der Waals surface area (Å²) in [6.07, 6.45) is 4.06. The van der Waals surface area contributed by atoms with Crippen LogP contribution in [0, 0.1) is 17.8 Å². The molecule has 0 spiro atoms. The number of piperidine rings is 1. The second-order valence-corrected chi connectivity index (χ2v) is 8.40. The van der Waals surface area contributed by atoms with E-state index < -0.39 is 0 Å². The van der Waals surface area contributed by atoms with Crippen molar-refractivity contribution in [1.29, 1.82) is 0 Å². The molecule has 4 nitrogen and oxygen atoms in total. The van der Waals surface area contributed by atoms with Crippen molar-refractivity contribution < 1.29 is 4.79 Å². The third-order valence-corrected chi connectivity index (χ3v) is 5.75. The van der Waals surface area contributed by atoms with E-state index in [1.165, 1.54) is 30.6 Å². The molecule has 4 heteroatoms. The van der Waals surface area contributed by atoms with Gasteiger partial charge in [-0.05, 0) is 48.6 Å². The molecule has 1 aromatic carbocycles. The Morgan fingerprint density at radius 3 is 2.44 bits per heavy atom. The predicted molar refractivity (Wildman–Crippen MR) is 102 cm³/mol. The highest BCUT2D eigenvalue weighted by molar-refractivity contribution is 5.79. The van der Waals surface area contributed by atoms with Gasteiger partial charge in [0.1, 0.15) is 0 Å². The van der Waals surface area contributed by atoms with E-state index in [0.717, 1.165) is 37.6 Å². The lowest BCUT2D eigenvalue weighted by Crippen LogP contribution is -2.38. The number of rotatable bonds is 5. The van der Waals surface area contributed by atoms with E-state index in [9.17, 15) is 4.79 Å². The number of amides is 1. The van der Waals surface area contributed by atoms with Crippen LogP contribution >= 0.6 is 0 Å². The molecular weight excluding hydrogens is 310 g/mol. The summed E-state index contributed by atoms with van der Waals surface area (Å²) in [6.45, 7) is 8.65. The molecule has 3 rings (SSSR count). The van der Waals surface area contributed by atoms with Gasteiger partial charge in [0.25, 0.3) is 0 Å². The van der Waals surface area contributed by atoms with Crippen molar-refractivity contribution in [3.05, 3.63) is 35.4 Å². The average Bonchev–Trinajstić information content (AvgIpc) is 2.99. The van der Waals surface area contributed by atoms with Gasteiger partial charge >= 0.3 is 0 Å². The number of hydrogen-bond donors (Lipinski definition) is 2. The highest BCUT2D eigenvalue weighted by Gasteiger charge is 2.27. The molecule has 3 N–H and O–H groups in total. The summed E-state index contributed by atoms with van der Waals surface area (Å²) < 4.78 is 0. The zero-order valence-corrected chi connectivity index (χ0v) is 15.7. The predicted octanol–water partition coefficient (Wildman–Crippen LogP) is 2.91. The SMILES string of the molecule is CC1CC(C)CN(Cc2ccccc2CNC(=O)C2CCC(N)C2)C1. The van der Waals surface area contributed by atoms with Crippen LogP contribution in [-0.2, 0) is 17.9 Å². The summed E-state index contributed by atoms with van der Waals surface area (Å²) in [5, 5.41) is 3.14. The Labute approximate surface area is 152 Å². The first kappa shape index (κ1) is 18.4. The Morgan fingerprint density at radius 1 is 1.12 bits per heavy atom. The number of hydrogen-bond acceptors (Lipinski definition) is 3. The van der Waals surface area contributed by atoms with Gasteiger partial charge in [-0.25, -0.2) is 0 Å². The zero-order chi connectivity index (χ0) is 17.8. The Balaban J connectivity index is 1.58. The molecule has 1 saturated heterocycles. The van der Waals surface area contributed by atoms with Crippen LogP contribution in [0.15, 0.2) is 24.3 Å². The standard InChI is InChI=1S/C21H33N3O/c1-15-9-16(2)13-24(12-15)14-19-6-4-3-5-18(19)11-23-21(25)17-7-8-20(22)10-17/h3-6,15-17,20H,7-14,22H2,1-2H3,(H,23,25). The van der Waals surface area contributed by atoms with Crippen molar-refractivity contribution >= 4 is 5.91 Å².